The van der Waals surface area contributed by atoms with Crippen LogP contribution in [0.25, 0.3) is 0 Å². The molecular formula is C14H24N2O6S2. The van der Waals surface area contributed by atoms with Crippen molar-refractivity contribution in [1.29, 1.82) is 0 Å². The van der Waals surface area contributed by atoms with Crippen LogP contribution in [0, 0.1) is 0 Å². The highest BCUT2D eigenvalue weighted by atomic mass is 32.2. The number of nitrogens with zero attached hydrogens (tertiary/aromatic N) is 1. The van der Waals surface area contributed by atoms with E-state index in [2.05, 4.69) is 4.72 Å². The van der Waals surface area contributed by atoms with Crippen LogP contribution in [-0.2, 0) is 26.6 Å². The second-order valence-electron chi connectivity index (χ2n) is 5.08. The van der Waals surface area contributed by atoms with E-state index in [0.29, 0.717) is 17.1 Å². The lowest BCUT2D eigenvalue weighted by atomic mass is 10.2. The number of ether oxygens (including phenoxy) is 2. The minimum atomic E-state index is -3.50. The minimum Gasteiger partial charge on any atom is -0.493 e. The molecule has 0 heterocycles. The zero-order valence-corrected chi connectivity index (χ0v) is 15.9. The fourth-order valence-electron chi connectivity index (χ4n) is 1.97. The van der Waals surface area contributed by atoms with Crippen LogP contribution >= 0.6 is 0 Å². The van der Waals surface area contributed by atoms with Crippen LogP contribution in [0.1, 0.15) is 12.5 Å². The van der Waals surface area contributed by atoms with Crippen molar-refractivity contribution in [2.24, 2.45) is 0 Å². The molecule has 1 aromatic carbocycles. The molecule has 0 saturated carbocycles. The average Bonchev–Trinajstić information content (AvgIpc) is 2.52. The number of nitrogens with one attached hydrogen (secondary N) is 1. The maximum Gasteiger partial charge on any atom is 0.211 e. The smallest absolute Gasteiger partial charge is 0.211 e. The first kappa shape index (κ1) is 20.7. The summed E-state index contributed by atoms with van der Waals surface area (Å²) in [5.74, 6) is 0.986. The summed E-state index contributed by atoms with van der Waals surface area (Å²) in [5, 5.41) is 0. The van der Waals surface area contributed by atoms with Gasteiger partial charge >= 0.3 is 0 Å². The molecule has 0 fully saturated rings. The molecule has 0 amide bonds. The molecule has 0 unspecified atom stereocenters. The molecule has 0 radical (unpaired) electrons. The fourth-order valence-corrected chi connectivity index (χ4v) is 3.39. The third kappa shape index (κ3) is 6.27. The standard InChI is InChI=1S/C14H24N2O6S2/c1-5-24(19,20)15-8-9-16(23(4,17)18)11-12-6-7-13(21-2)14(10-12)22-3/h6-7,10,15H,5,8-9,11H2,1-4H3. The Balaban J connectivity index is 2.88. The Morgan fingerprint density at radius 1 is 1.08 bits per heavy atom. The summed E-state index contributed by atoms with van der Waals surface area (Å²) in [4.78, 5) is 0. The molecule has 0 aliphatic carbocycles. The Morgan fingerprint density at radius 2 is 1.71 bits per heavy atom. The predicted molar refractivity (Wildman–Crippen MR) is 92.3 cm³/mol. The highest BCUT2D eigenvalue weighted by molar-refractivity contribution is 7.89. The molecule has 0 bridgehead atoms. The van der Waals surface area contributed by atoms with Gasteiger partial charge in [0.2, 0.25) is 20.0 Å². The van der Waals surface area contributed by atoms with Crippen LogP contribution in [0.3, 0.4) is 0 Å². The molecular weight excluding hydrogens is 356 g/mol. The minimum absolute atomic E-state index is 0.0104. The van der Waals surface area contributed by atoms with Crippen LogP contribution in [0.2, 0.25) is 0 Å². The Morgan fingerprint density at radius 3 is 2.21 bits per heavy atom. The van der Waals surface area contributed by atoms with E-state index in [0.717, 1.165) is 6.26 Å². The fraction of sp³-hybridized carbons (Fsp3) is 0.571. The molecule has 1 N–H and O–H groups in total. The second-order valence-corrected chi connectivity index (χ2v) is 9.16. The molecule has 0 saturated heterocycles. The van der Waals surface area contributed by atoms with Crippen molar-refractivity contribution >= 4 is 20.0 Å². The van der Waals surface area contributed by atoms with E-state index in [9.17, 15) is 16.8 Å². The van der Waals surface area contributed by atoms with Gasteiger partial charge in [-0.05, 0) is 24.6 Å². The number of methoxy groups -OCH3 is 2. The number of rotatable bonds is 10. The number of benzene rings is 1. The van der Waals surface area contributed by atoms with Gasteiger partial charge in [-0.25, -0.2) is 21.6 Å². The Hall–Kier alpha value is -1.36. The van der Waals surface area contributed by atoms with Gasteiger partial charge in [0.05, 0.1) is 26.2 Å². The third-order valence-corrected chi connectivity index (χ3v) is 5.99. The van der Waals surface area contributed by atoms with Crippen molar-refractivity contribution in [1.82, 2.24) is 9.03 Å². The van der Waals surface area contributed by atoms with Crippen molar-refractivity contribution in [2.45, 2.75) is 13.5 Å². The third-order valence-electron chi connectivity index (χ3n) is 3.34. The van der Waals surface area contributed by atoms with Gasteiger partial charge in [-0.3, -0.25) is 0 Å². The van der Waals surface area contributed by atoms with Crippen LogP contribution in [0.15, 0.2) is 18.2 Å². The normalized spacial score (nSPS) is 12.4. The summed E-state index contributed by atoms with van der Waals surface area (Å²) < 4.78 is 60.6. The van der Waals surface area contributed by atoms with Crippen LogP contribution in [0.5, 0.6) is 11.5 Å². The zero-order valence-electron chi connectivity index (χ0n) is 14.3. The lowest BCUT2D eigenvalue weighted by Crippen LogP contribution is -2.38. The molecule has 0 aliphatic rings. The predicted octanol–water partition coefficient (Wildman–Crippen LogP) is 0.405. The molecule has 24 heavy (non-hydrogen) atoms. The SMILES string of the molecule is CCS(=O)(=O)NCCN(Cc1ccc(OC)c(OC)c1)S(C)(=O)=O. The first-order valence-electron chi connectivity index (χ1n) is 7.26. The van der Waals surface area contributed by atoms with Gasteiger partial charge in [0.25, 0.3) is 0 Å². The van der Waals surface area contributed by atoms with E-state index in [1.165, 1.54) is 25.4 Å². The van der Waals surface area contributed by atoms with Crippen molar-refractivity contribution < 1.29 is 26.3 Å². The summed E-state index contributed by atoms with van der Waals surface area (Å²) in [6, 6.07) is 5.11. The van der Waals surface area contributed by atoms with Crippen LogP contribution in [0.4, 0.5) is 0 Å². The quantitative estimate of drug-likeness (QED) is 0.631. The maximum atomic E-state index is 11.9. The highest BCUT2D eigenvalue weighted by Crippen LogP contribution is 2.28. The monoisotopic (exact) mass is 380 g/mol. The number of hydrogen-bond acceptors (Lipinski definition) is 6. The summed E-state index contributed by atoms with van der Waals surface area (Å²) >= 11 is 0. The highest BCUT2D eigenvalue weighted by Gasteiger charge is 2.18. The van der Waals surface area contributed by atoms with Crippen LogP contribution < -0.4 is 14.2 Å². The van der Waals surface area contributed by atoms with Crippen molar-refractivity contribution in [3.63, 3.8) is 0 Å². The topological polar surface area (TPSA) is 102 Å². The molecule has 10 heteroatoms. The second kappa shape index (κ2) is 8.65. The van der Waals surface area contributed by atoms with E-state index < -0.39 is 20.0 Å². The van der Waals surface area contributed by atoms with Gasteiger partial charge < -0.3 is 9.47 Å². The molecule has 0 atom stereocenters. The summed E-state index contributed by atoms with van der Waals surface area (Å²) in [7, 11) is -3.85. The number of hydrogen-bond donors (Lipinski definition) is 1. The Bertz CT molecular complexity index is 747. The molecule has 1 rings (SSSR count). The summed E-state index contributed by atoms with van der Waals surface area (Å²) in [6.07, 6.45) is 1.09. The van der Waals surface area contributed by atoms with E-state index in [-0.39, 0.29) is 25.4 Å². The van der Waals surface area contributed by atoms with Gasteiger partial charge in [0, 0.05) is 19.6 Å². The van der Waals surface area contributed by atoms with E-state index in [1.54, 1.807) is 18.2 Å². The Labute approximate surface area is 143 Å². The first-order valence-corrected chi connectivity index (χ1v) is 10.8. The average molecular weight is 380 g/mol. The largest absolute Gasteiger partial charge is 0.493 e. The van der Waals surface area contributed by atoms with Gasteiger partial charge in [0.15, 0.2) is 11.5 Å². The van der Waals surface area contributed by atoms with E-state index in [4.69, 9.17) is 9.47 Å². The van der Waals surface area contributed by atoms with Crippen LogP contribution in [-0.4, -0.2) is 60.5 Å². The first-order chi connectivity index (χ1) is 11.1. The maximum absolute atomic E-state index is 11.9. The van der Waals surface area contributed by atoms with Gasteiger partial charge in [-0.2, -0.15) is 4.31 Å². The molecule has 0 aromatic heterocycles. The molecule has 0 aliphatic heterocycles. The number of sulfonamides is 2. The van der Waals surface area contributed by atoms with Gasteiger partial charge in [0.1, 0.15) is 0 Å². The Kier molecular flexibility index (Phi) is 7.46. The van der Waals surface area contributed by atoms with Gasteiger partial charge in [-0.15, -0.1) is 0 Å². The summed E-state index contributed by atoms with van der Waals surface area (Å²) in [6.45, 7) is 1.66. The van der Waals surface area contributed by atoms with Crippen molar-refractivity contribution in [3.8, 4) is 11.5 Å². The van der Waals surface area contributed by atoms with Crippen molar-refractivity contribution in [3.05, 3.63) is 23.8 Å². The zero-order chi connectivity index (χ0) is 18.4. The molecule has 8 nitrogen and oxygen atoms in total. The van der Waals surface area contributed by atoms with Gasteiger partial charge in [-0.1, -0.05) is 6.07 Å². The van der Waals surface area contributed by atoms with Crippen molar-refractivity contribution in [2.75, 3.05) is 39.3 Å². The summed E-state index contributed by atoms with van der Waals surface area (Å²) in [5.41, 5.74) is 0.705. The lowest BCUT2D eigenvalue weighted by molar-refractivity contribution is 0.353. The molecule has 138 valence electrons. The molecule has 0 spiro atoms. The lowest BCUT2D eigenvalue weighted by Gasteiger charge is -2.21. The van der Waals surface area contributed by atoms with E-state index >= 15 is 0 Å². The molecule has 1 aromatic rings. The van der Waals surface area contributed by atoms with E-state index in [1.807, 2.05) is 0 Å².